The average molecular weight is 320 g/mol. The summed E-state index contributed by atoms with van der Waals surface area (Å²) < 4.78 is 1.56. The van der Waals surface area contributed by atoms with Gasteiger partial charge in [0.05, 0.1) is 5.52 Å². The van der Waals surface area contributed by atoms with Gasteiger partial charge < -0.3 is 5.11 Å². The molecule has 3 rings (SSSR count). The normalized spacial score (nSPS) is 10.9. The lowest BCUT2D eigenvalue weighted by atomic mass is 10.4. The molecule has 106 valence electrons. The fourth-order valence-electron chi connectivity index (χ4n) is 1.90. The van der Waals surface area contributed by atoms with Crippen LogP contribution in [0.1, 0.15) is 5.82 Å². The number of benzene rings is 1. The number of carbonyl (C=O) groups is 1. The van der Waals surface area contributed by atoms with E-state index in [1.807, 2.05) is 18.2 Å². The molecule has 0 saturated carbocycles. The maximum atomic E-state index is 10.9. The van der Waals surface area contributed by atoms with E-state index in [-0.39, 0.29) is 6.42 Å². The number of aliphatic carboxylic acids is 1. The summed E-state index contributed by atoms with van der Waals surface area (Å²) in [7, 11) is 0. The molecule has 1 aromatic carbocycles. The second kappa shape index (κ2) is 5.75. The summed E-state index contributed by atoms with van der Waals surface area (Å²) in [4.78, 5) is 16.3. The van der Waals surface area contributed by atoms with Crippen LogP contribution in [0.3, 0.4) is 0 Å². The maximum Gasteiger partial charge on any atom is 0.311 e. The van der Waals surface area contributed by atoms with E-state index in [1.54, 1.807) is 28.9 Å². The Morgan fingerprint density at radius 3 is 2.76 bits per heavy atom. The predicted octanol–water partition coefficient (Wildman–Crippen LogP) is 3.16. The number of hydrogen-bond donors (Lipinski definition) is 1. The Labute approximate surface area is 129 Å². The van der Waals surface area contributed by atoms with E-state index in [2.05, 4.69) is 10.1 Å². The molecular formula is C14H10ClN3O2S. The van der Waals surface area contributed by atoms with Gasteiger partial charge in [0, 0.05) is 16.1 Å². The van der Waals surface area contributed by atoms with Gasteiger partial charge in [-0.1, -0.05) is 23.4 Å². The standard InChI is InChI=1S/C14H10ClN3O2S/c15-9-3-5-10(6-4-9)21-14-11-2-1-7-16-18(11)12(17-14)8-13(19)20/h1-7H,8H2,(H,19,20). The molecule has 5 nitrogen and oxygen atoms in total. The van der Waals surface area contributed by atoms with Crippen molar-refractivity contribution in [2.45, 2.75) is 16.3 Å². The quantitative estimate of drug-likeness (QED) is 0.800. The minimum atomic E-state index is -0.935. The van der Waals surface area contributed by atoms with Crippen LogP contribution >= 0.6 is 23.4 Å². The van der Waals surface area contributed by atoms with Crippen LogP contribution in [0.4, 0.5) is 0 Å². The molecule has 0 unspecified atom stereocenters. The fourth-order valence-corrected chi connectivity index (χ4v) is 2.93. The number of fused-ring (bicyclic) bond motifs is 1. The molecule has 2 aromatic heterocycles. The van der Waals surface area contributed by atoms with E-state index in [9.17, 15) is 4.79 Å². The van der Waals surface area contributed by atoms with E-state index in [4.69, 9.17) is 16.7 Å². The third kappa shape index (κ3) is 3.01. The maximum absolute atomic E-state index is 10.9. The summed E-state index contributed by atoms with van der Waals surface area (Å²) in [6.45, 7) is 0. The highest BCUT2D eigenvalue weighted by Crippen LogP contribution is 2.31. The van der Waals surface area contributed by atoms with Gasteiger partial charge in [0.2, 0.25) is 0 Å². The first kappa shape index (κ1) is 13.9. The summed E-state index contributed by atoms with van der Waals surface area (Å²) in [5.74, 6) is -0.523. The van der Waals surface area contributed by atoms with Crippen LogP contribution in [-0.2, 0) is 11.2 Å². The lowest BCUT2D eigenvalue weighted by Crippen LogP contribution is -2.06. The Bertz CT molecular complexity index is 802. The fraction of sp³-hybridized carbons (Fsp3) is 0.0714. The Balaban J connectivity index is 2.01. The molecule has 0 spiro atoms. The minimum absolute atomic E-state index is 0.167. The molecule has 0 bridgehead atoms. The molecule has 0 fully saturated rings. The number of halogens is 1. The number of aromatic nitrogens is 3. The Kier molecular flexibility index (Phi) is 3.81. The molecular weight excluding hydrogens is 310 g/mol. The molecule has 0 aliphatic rings. The summed E-state index contributed by atoms with van der Waals surface area (Å²) in [5.41, 5.74) is 0.786. The summed E-state index contributed by atoms with van der Waals surface area (Å²) >= 11 is 7.32. The number of carboxylic acid groups (broad SMARTS) is 1. The Morgan fingerprint density at radius 1 is 1.29 bits per heavy atom. The Hall–Kier alpha value is -2.05. The first-order valence-corrected chi connectivity index (χ1v) is 7.31. The highest BCUT2D eigenvalue weighted by Gasteiger charge is 2.15. The van der Waals surface area contributed by atoms with Gasteiger partial charge in [-0.3, -0.25) is 4.79 Å². The molecule has 21 heavy (non-hydrogen) atoms. The second-order valence-electron chi connectivity index (χ2n) is 4.28. The van der Waals surface area contributed by atoms with Gasteiger partial charge in [0.25, 0.3) is 0 Å². The molecule has 0 saturated heterocycles. The molecule has 0 amide bonds. The molecule has 0 aliphatic heterocycles. The zero-order chi connectivity index (χ0) is 14.8. The molecule has 0 atom stereocenters. The van der Waals surface area contributed by atoms with Gasteiger partial charge in [-0.15, -0.1) is 0 Å². The molecule has 7 heteroatoms. The van der Waals surface area contributed by atoms with Crippen LogP contribution < -0.4 is 0 Å². The van der Waals surface area contributed by atoms with Crippen molar-refractivity contribution in [1.29, 1.82) is 0 Å². The SMILES string of the molecule is O=C(O)Cc1nc(Sc2ccc(Cl)cc2)c2cccnn12. The number of carboxylic acids is 1. The van der Waals surface area contributed by atoms with Crippen LogP contribution in [0.15, 0.2) is 52.5 Å². The smallest absolute Gasteiger partial charge is 0.311 e. The van der Waals surface area contributed by atoms with Gasteiger partial charge in [-0.2, -0.15) is 5.10 Å². The zero-order valence-electron chi connectivity index (χ0n) is 10.7. The average Bonchev–Trinajstić information content (AvgIpc) is 2.79. The van der Waals surface area contributed by atoms with E-state index in [0.29, 0.717) is 10.8 Å². The van der Waals surface area contributed by atoms with Gasteiger partial charge in [0.1, 0.15) is 17.3 Å². The number of imidazole rings is 1. The van der Waals surface area contributed by atoms with Gasteiger partial charge in [-0.25, -0.2) is 9.50 Å². The highest BCUT2D eigenvalue weighted by molar-refractivity contribution is 7.99. The number of hydrogen-bond acceptors (Lipinski definition) is 4. The third-order valence-corrected chi connectivity index (χ3v) is 4.04. The van der Waals surface area contributed by atoms with E-state index in [0.717, 1.165) is 15.4 Å². The van der Waals surface area contributed by atoms with Crippen molar-refractivity contribution in [2.75, 3.05) is 0 Å². The van der Waals surface area contributed by atoms with Gasteiger partial charge in [0.15, 0.2) is 0 Å². The Morgan fingerprint density at radius 2 is 2.05 bits per heavy atom. The molecule has 0 radical (unpaired) electrons. The third-order valence-electron chi connectivity index (χ3n) is 2.78. The van der Waals surface area contributed by atoms with E-state index >= 15 is 0 Å². The van der Waals surface area contributed by atoms with Crippen molar-refractivity contribution >= 4 is 34.8 Å². The number of nitrogens with zero attached hydrogens (tertiary/aromatic N) is 3. The highest BCUT2D eigenvalue weighted by atomic mass is 35.5. The molecule has 2 heterocycles. The summed E-state index contributed by atoms with van der Waals surface area (Å²) in [6, 6.07) is 11.1. The van der Waals surface area contributed by atoms with Crippen LogP contribution in [0.25, 0.3) is 5.52 Å². The molecule has 0 aliphatic carbocycles. The topological polar surface area (TPSA) is 67.5 Å². The van der Waals surface area contributed by atoms with E-state index in [1.165, 1.54) is 11.8 Å². The number of rotatable bonds is 4. The van der Waals surface area contributed by atoms with Crippen molar-refractivity contribution in [3.63, 3.8) is 0 Å². The van der Waals surface area contributed by atoms with Crippen molar-refractivity contribution < 1.29 is 9.90 Å². The minimum Gasteiger partial charge on any atom is -0.481 e. The lowest BCUT2D eigenvalue weighted by Gasteiger charge is -1.99. The lowest BCUT2D eigenvalue weighted by molar-refractivity contribution is -0.136. The first-order chi connectivity index (χ1) is 10.1. The van der Waals surface area contributed by atoms with Crippen molar-refractivity contribution in [3.05, 3.63) is 53.4 Å². The molecule has 3 aromatic rings. The van der Waals surface area contributed by atoms with Crippen LogP contribution in [-0.4, -0.2) is 25.7 Å². The zero-order valence-corrected chi connectivity index (χ0v) is 12.3. The van der Waals surface area contributed by atoms with Crippen molar-refractivity contribution in [1.82, 2.24) is 14.6 Å². The summed E-state index contributed by atoms with van der Waals surface area (Å²) in [6.07, 6.45) is 1.44. The first-order valence-electron chi connectivity index (χ1n) is 6.11. The predicted molar refractivity (Wildman–Crippen MR) is 79.9 cm³/mol. The monoisotopic (exact) mass is 319 g/mol. The van der Waals surface area contributed by atoms with Crippen molar-refractivity contribution in [2.24, 2.45) is 0 Å². The second-order valence-corrected chi connectivity index (χ2v) is 5.78. The van der Waals surface area contributed by atoms with Crippen LogP contribution in [0, 0.1) is 0 Å². The van der Waals surface area contributed by atoms with E-state index < -0.39 is 5.97 Å². The van der Waals surface area contributed by atoms with Crippen LogP contribution in [0.2, 0.25) is 5.02 Å². The van der Waals surface area contributed by atoms with Gasteiger partial charge >= 0.3 is 5.97 Å². The summed E-state index contributed by atoms with van der Waals surface area (Å²) in [5, 5.41) is 14.5. The van der Waals surface area contributed by atoms with Crippen LogP contribution in [0.5, 0.6) is 0 Å². The largest absolute Gasteiger partial charge is 0.481 e. The van der Waals surface area contributed by atoms with Crippen molar-refractivity contribution in [3.8, 4) is 0 Å². The molecule has 1 N–H and O–H groups in total. The van der Waals surface area contributed by atoms with Gasteiger partial charge in [-0.05, 0) is 36.4 Å².